The first-order valence-electron chi connectivity index (χ1n) is 6.26. The topological polar surface area (TPSA) is 12.9 Å². The minimum absolute atomic E-state index is 1.02. The van der Waals surface area contributed by atoms with Gasteiger partial charge in [-0.15, -0.1) is 22.7 Å². The molecule has 2 heterocycles. The van der Waals surface area contributed by atoms with Crippen LogP contribution in [-0.4, -0.2) is 4.98 Å². The van der Waals surface area contributed by atoms with Crippen molar-refractivity contribution >= 4 is 22.7 Å². The second kappa shape index (κ2) is 5.27. The standard InChI is InChI=1S/C16H15NS2/c1-11-3-4-12(2)13(7-11)8-14-5-6-15(19-14)16-9-17-10-18-16/h3-7,9-10H,8H2,1-2H3. The molecule has 3 rings (SSSR count). The molecule has 0 radical (unpaired) electrons. The average molecular weight is 285 g/mol. The van der Waals surface area contributed by atoms with Gasteiger partial charge in [0.25, 0.3) is 0 Å². The highest BCUT2D eigenvalue weighted by Gasteiger charge is 2.06. The van der Waals surface area contributed by atoms with E-state index in [1.807, 2.05) is 23.0 Å². The Bertz CT molecular complexity index is 681. The van der Waals surface area contributed by atoms with Gasteiger partial charge in [-0.25, -0.2) is 0 Å². The van der Waals surface area contributed by atoms with E-state index < -0.39 is 0 Å². The van der Waals surface area contributed by atoms with E-state index in [9.17, 15) is 0 Å². The van der Waals surface area contributed by atoms with Crippen molar-refractivity contribution in [1.29, 1.82) is 0 Å². The predicted octanol–water partition coefficient (Wildman–Crippen LogP) is 5.08. The molecular formula is C16H15NS2. The Morgan fingerprint density at radius 3 is 2.74 bits per heavy atom. The molecule has 0 aliphatic rings. The summed E-state index contributed by atoms with van der Waals surface area (Å²) in [6.45, 7) is 4.34. The first-order valence-corrected chi connectivity index (χ1v) is 7.96. The third kappa shape index (κ3) is 2.77. The highest BCUT2D eigenvalue weighted by molar-refractivity contribution is 7.21. The maximum absolute atomic E-state index is 4.14. The second-order valence-corrected chi connectivity index (χ2v) is 6.79. The molecule has 96 valence electrons. The van der Waals surface area contributed by atoms with Crippen LogP contribution in [0, 0.1) is 13.8 Å². The first kappa shape index (κ1) is 12.6. The van der Waals surface area contributed by atoms with Crippen molar-refractivity contribution in [3.05, 3.63) is 63.6 Å². The first-order chi connectivity index (χ1) is 9.22. The van der Waals surface area contributed by atoms with E-state index in [2.05, 4.69) is 49.2 Å². The van der Waals surface area contributed by atoms with Crippen molar-refractivity contribution in [3.63, 3.8) is 0 Å². The summed E-state index contributed by atoms with van der Waals surface area (Å²) in [5.41, 5.74) is 6.02. The van der Waals surface area contributed by atoms with Gasteiger partial charge >= 0.3 is 0 Å². The maximum atomic E-state index is 4.14. The summed E-state index contributed by atoms with van der Waals surface area (Å²) in [5.74, 6) is 0. The third-order valence-electron chi connectivity index (χ3n) is 3.21. The fraction of sp³-hybridized carbons (Fsp3) is 0.188. The van der Waals surface area contributed by atoms with Gasteiger partial charge in [0.15, 0.2) is 0 Å². The molecule has 0 atom stereocenters. The summed E-state index contributed by atoms with van der Waals surface area (Å²) in [4.78, 5) is 8.14. The van der Waals surface area contributed by atoms with Crippen molar-refractivity contribution in [2.75, 3.05) is 0 Å². The molecular weight excluding hydrogens is 270 g/mol. The van der Waals surface area contributed by atoms with Crippen molar-refractivity contribution in [2.45, 2.75) is 20.3 Å². The molecule has 0 spiro atoms. The van der Waals surface area contributed by atoms with Gasteiger partial charge in [0.05, 0.1) is 10.4 Å². The molecule has 2 aromatic heterocycles. The molecule has 0 aliphatic carbocycles. The fourth-order valence-corrected chi connectivity index (χ4v) is 3.87. The van der Waals surface area contributed by atoms with E-state index in [0.717, 1.165) is 6.42 Å². The number of benzene rings is 1. The summed E-state index contributed by atoms with van der Waals surface area (Å²) in [5, 5.41) is 0. The summed E-state index contributed by atoms with van der Waals surface area (Å²) in [6, 6.07) is 11.1. The largest absolute Gasteiger partial charge is 0.252 e. The van der Waals surface area contributed by atoms with Crippen molar-refractivity contribution in [1.82, 2.24) is 4.98 Å². The van der Waals surface area contributed by atoms with Gasteiger partial charge in [0.1, 0.15) is 0 Å². The highest BCUT2D eigenvalue weighted by Crippen LogP contribution is 2.32. The lowest BCUT2D eigenvalue weighted by atomic mass is 10.0. The van der Waals surface area contributed by atoms with Crippen LogP contribution in [0.3, 0.4) is 0 Å². The van der Waals surface area contributed by atoms with Gasteiger partial charge < -0.3 is 0 Å². The Kier molecular flexibility index (Phi) is 3.49. The Balaban J connectivity index is 1.86. The lowest BCUT2D eigenvalue weighted by Gasteiger charge is -2.05. The molecule has 0 bridgehead atoms. The molecule has 1 aromatic carbocycles. The lowest BCUT2D eigenvalue weighted by molar-refractivity contribution is 1.18. The van der Waals surface area contributed by atoms with Gasteiger partial charge in [-0.1, -0.05) is 23.8 Å². The van der Waals surface area contributed by atoms with Gasteiger partial charge in [-0.2, -0.15) is 0 Å². The van der Waals surface area contributed by atoms with Crippen LogP contribution < -0.4 is 0 Å². The van der Waals surface area contributed by atoms with Crippen LogP contribution in [0.15, 0.2) is 42.0 Å². The van der Waals surface area contributed by atoms with Crippen molar-refractivity contribution in [2.24, 2.45) is 0 Å². The summed E-state index contributed by atoms with van der Waals surface area (Å²) < 4.78 is 0. The summed E-state index contributed by atoms with van der Waals surface area (Å²) in [7, 11) is 0. The zero-order chi connectivity index (χ0) is 13.2. The van der Waals surface area contributed by atoms with E-state index in [1.54, 1.807) is 11.3 Å². The minimum Gasteiger partial charge on any atom is -0.252 e. The van der Waals surface area contributed by atoms with E-state index in [-0.39, 0.29) is 0 Å². The zero-order valence-electron chi connectivity index (χ0n) is 11.0. The van der Waals surface area contributed by atoms with Gasteiger partial charge in [0.2, 0.25) is 0 Å². The minimum atomic E-state index is 1.02. The number of hydrogen-bond acceptors (Lipinski definition) is 3. The monoisotopic (exact) mass is 285 g/mol. The molecule has 3 heteroatoms. The molecule has 1 nitrogen and oxygen atoms in total. The van der Waals surface area contributed by atoms with Crippen LogP contribution in [0.1, 0.15) is 21.6 Å². The Morgan fingerprint density at radius 1 is 1.05 bits per heavy atom. The van der Waals surface area contributed by atoms with Crippen LogP contribution >= 0.6 is 22.7 Å². The Morgan fingerprint density at radius 2 is 1.95 bits per heavy atom. The summed E-state index contributed by atoms with van der Waals surface area (Å²) >= 11 is 3.57. The van der Waals surface area contributed by atoms with E-state index >= 15 is 0 Å². The highest BCUT2D eigenvalue weighted by atomic mass is 32.1. The Labute approximate surface area is 121 Å². The van der Waals surface area contributed by atoms with Crippen molar-refractivity contribution < 1.29 is 0 Å². The van der Waals surface area contributed by atoms with Crippen LogP contribution in [-0.2, 0) is 6.42 Å². The average Bonchev–Trinajstić information content (AvgIpc) is 3.04. The number of aryl methyl sites for hydroxylation is 2. The smallest absolute Gasteiger partial charge is 0.0798 e. The van der Waals surface area contributed by atoms with Crippen molar-refractivity contribution in [3.8, 4) is 9.75 Å². The van der Waals surface area contributed by atoms with Gasteiger partial charge in [0, 0.05) is 22.4 Å². The van der Waals surface area contributed by atoms with E-state index in [0.29, 0.717) is 0 Å². The van der Waals surface area contributed by atoms with Crippen LogP contribution in [0.4, 0.5) is 0 Å². The molecule has 0 saturated heterocycles. The quantitative estimate of drug-likeness (QED) is 0.654. The lowest BCUT2D eigenvalue weighted by Crippen LogP contribution is -1.90. The second-order valence-electron chi connectivity index (χ2n) is 4.74. The number of rotatable bonds is 3. The molecule has 0 unspecified atom stereocenters. The molecule has 0 N–H and O–H groups in total. The van der Waals surface area contributed by atoms with E-state index in [1.165, 1.54) is 31.3 Å². The number of thiophene rings is 1. The number of hydrogen-bond donors (Lipinski definition) is 0. The van der Waals surface area contributed by atoms with Crippen LogP contribution in [0.25, 0.3) is 9.75 Å². The van der Waals surface area contributed by atoms with Gasteiger partial charge in [-0.05, 0) is 37.1 Å². The predicted molar refractivity (Wildman–Crippen MR) is 84.1 cm³/mol. The summed E-state index contributed by atoms with van der Waals surface area (Å²) in [6.07, 6.45) is 2.97. The Hall–Kier alpha value is -1.45. The van der Waals surface area contributed by atoms with Gasteiger partial charge in [-0.3, -0.25) is 4.98 Å². The number of nitrogens with zero attached hydrogens (tertiary/aromatic N) is 1. The maximum Gasteiger partial charge on any atom is 0.0798 e. The molecule has 0 fully saturated rings. The molecule has 3 aromatic rings. The zero-order valence-corrected chi connectivity index (χ0v) is 12.6. The molecule has 19 heavy (non-hydrogen) atoms. The third-order valence-corrected chi connectivity index (χ3v) is 5.26. The molecule has 0 saturated carbocycles. The van der Waals surface area contributed by atoms with Crippen LogP contribution in [0.2, 0.25) is 0 Å². The SMILES string of the molecule is Cc1ccc(C)c(Cc2ccc(-c3cncs3)s2)c1. The number of thiazole rings is 1. The number of aromatic nitrogens is 1. The molecule has 0 amide bonds. The molecule has 0 aliphatic heterocycles. The normalized spacial score (nSPS) is 10.8. The van der Waals surface area contributed by atoms with Crippen LogP contribution in [0.5, 0.6) is 0 Å². The fourth-order valence-electron chi connectivity index (χ4n) is 2.12. The van der Waals surface area contributed by atoms with E-state index in [4.69, 9.17) is 0 Å².